The van der Waals surface area contributed by atoms with Gasteiger partial charge in [0.1, 0.15) is 11.6 Å². The molecule has 0 unspecified atom stereocenters. The summed E-state index contributed by atoms with van der Waals surface area (Å²) in [5.74, 6) is -0.744. The van der Waals surface area contributed by atoms with Crippen molar-refractivity contribution in [2.45, 2.75) is 13.0 Å². The molecule has 0 aliphatic carbocycles. The lowest BCUT2D eigenvalue weighted by molar-refractivity contribution is 0.195. The van der Waals surface area contributed by atoms with Crippen molar-refractivity contribution in [2.75, 3.05) is 39.3 Å². The molecule has 1 aliphatic rings. The van der Waals surface area contributed by atoms with Crippen LogP contribution in [0.1, 0.15) is 12.0 Å². The van der Waals surface area contributed by atoms with E-state index in [0.717, 1.165) is 38.7 Å². The van der Waals surface area contributed by atoms with Crippen LogP contribution in [0.25, 0.3) is 0 Å². The van der Waals surface area contributed by atoms with Crippen LogP contribution in [-0.4, -0.2) is 54.2 Å². The van der Waals surface area contributed by atoms with Crippen LogP contribution in [0.4, 0.5) is 8.78 Å². The van der Waals surface area contributed by atoms with E-state index in [1.807, 2.05) is 0 Å². The van der Waals surface area contributed by atoms with Gasteiger partial charge in [-0.15, -0.1) is 0 Å². The van der Waals surface area contributed by atoms with Crippen LogP contribution in [0.3, 0.4) is 0 Å². The van der Waals surface area contributed by atoms with E-state index in [0.29, 0.717) is 18.7 Å². The molecule has 1 aliphatic heterocycles. The van der Waals surface area contributed by atoms with E-state index >= 15 is 0 Å². The summed E-state index contributed by atoms with van der Waals surface area (Å²) in [6.45, 7) is 4.78. The summed E-state index contributed by atoms with van der Waals surface area (Å²) in [5, 5.41) is 8.93. The molecule has 3 nitrogen and oxygen atoms in total. The quantitative estimate of drug-likeness (QED) is 0.897. The normalized spacial score (nSPS) is 18.5. The Hall–Kier alpha value is -1.04. The molecule has 2 rings (SSSR count). The van der Waals surface area contributed by atoms with Gasteiger partial charge < -0.3 is 5.11 Å². The van der Waals surface area contributed by atoms with Gasteiger partial charge in [-0.3, -0.25) is 9.80 Å². The monoisotopic (exact) mass is 270 g/mol. The maximum absolute atomic E-state index is 13.6. The van der Waals surface area contributed by atoms with Crippen molar-refractivity contribution in [2.24, 2.45) is 0 Å². The molecule has 1 N–H and O–H groups in total. The van der Waals surface area contributed by atoms with E-state index in [4.69, 9.17) is 5.11 Å². The molecule has 0 atom stereocenters. The molecule has 0 bridgehead atoms. The largest absolute Gasteiger partial charge is 0.395 e. The molecular weight excluding hydrogens is 250 g/mol. The van der Waals surface area contributed by atoms with Crippen LogP contribution in [0.15, 0.2) is 18.2 Å². The Morgan fingerprint density at radius 3 is 2.58 bits per heavy atom. The Bertz CT molecular complexity index is 414. The van der Waals surface area contributed by atoms with Gasteiger partial charge in [0.2, 0.25) is 0 Å². The van der Waals surface area contributed by atoms with Crippen LogP contribution < -0.4 is 0 Å². The second-order valence-electron chi connectivity index (χ2n) is 4.93. The molecular formula is C14H20F2N2O. The minimum absolute atomic E-state index is 0.165. The van der Waals surface area contributed by atoms with Crippen LogP contribution in [0.2, 0.25) is 0 Å². The Kier molecular flexibility index (Phi) is 5.24. The fourth-order valence-corrected chi connectivity index (χ4v) is 2.45. The average Bonchev–Trinajstić information content (AvgIpc) is 2.60. The molecule has 106 valence electrons. The Morgan fingerprint density at radius 1 is 1.05 bits per heavy atom. The van der Waals surface area contributed by atoms with Gasteiger partial charge in [0, 0.05) is 31.7 Å². The number of rotatable bonds is 4. The van der Waals surface area contributed by atoms with Crippen LogP contribution in [-0.2, 0) is 6.54 Å². The lowest BCUT2D eigenvalue weighted by atomic mass is 10.2. The highest BCUT2D eigenvalue weighted by Gasteiger charge is 2.16. The number of nitrogens with zero attached hydrogens (tertiary/aromatic N) is 2. The van der Waals surface area contributed by atoms with Crippen molar-refractivity contribution in [1.29, 1.82) is 0 Å². The van der Waals surface area contributed by atoms with Crippen molar-refractivity contribution in [3.05, 3.63) is 35.4 Å². The first kappa shape index (κ1) is 14.4. The molecule has 5 heteroatoms. The molecule has 1 saturated heterocycles. The van der Waals surface area contributed by atoms with Gasteiger partial charge in [-0.05, 0) is 37.7 Å². The van der Waals surface area contributed by atoms with E-state index < -0.39 is 5.82 Å². The average molecular weight is 270 g/mol. The zero-order chi connectivity index (χ0) is 13.7. The van der Waals surface area contributed by atoms with Crippen LogP contribution in [0.5, 0.6) is 0 Å². The third kappa shape index (κ3) is 4.23. The number of halogens is 2. The molecule has 1 aromatic carbocycles. The maximum atomic E-state index is 13.6. The van der Waals surface area contributed by atoms with E-state index in [2.05, 4.69) is 9.80 Å². The van der Waals surface area contributed by atoms with Crippen molar-refractivity contribution < 1.29 is 13.9 Å². The summed E-state index contributed by atoms with van der Waals surface area (Å²) in [6, 6.07) is 3.59. The van der Waals surface area contributed by atoms with Gasteiger partial charge in [-0.2, -0.15) is 0 Å². The molecule has 0 aromatic heterocycles. The summed E-state index contributed by atoms with van der Waals surface area (Å²) in [7, 11) is 0. The topological polar surface area (TPSA) is 26.7 Å². The lowest BCUT2D eigenvalue weighted by Crippen LogP contribution is -2.32. The lowest BCUT2D eigenvalue weighted by Gasteiger charge is -2.21. The number of hydrogen-bond donors (Lipinski definition) is 1. The Balaban J connectivity index is 1.94. The number of aliphatic hydroxyl groups excluding tert-OH is 1. The van der Waals surface area contributed by atoms with Gasteiger partial charge >= 0.3 is 0 Å². The number of benzene rings is 1. The van der Waals surface area contributed by atoms with Gasteiger partial charge in [-0.1, -0.05) is 0 Å². The van der Waals surface area contributed by atoms with E-state index in [1.54, 1.807) is 0 Å². The second-order valence-corrected chi connectivity index (χ2v) is 4.93. The predicted molar refractivity (Wildman–Crippen MR) is 69.8 cm³/mol. The van der Waals surface area contributed by atoms with E-state index in [-0.39, 0.29) is 12.4 Å². The van der Waals surface area contributed by atoms with Crippen molar-refractivity contribution >= 4 is 0 Å². The molecule has 1 aromatic rings. The van der Waals surface area contributed by atoms with Crippen LogP contribution >= 0.6 is 0 Å². The fraction of sp³-hybridized carbons (Fsp3) is 0.571. The molecule has 0 spiro atoms. The van der Waals surface area contributed by atoms with Gasteiger partial charge in [0.05, 0.1) is 6.61 Å². The number of hydrogen-bond acceptors (Lipinski definition) is 3. The molecule has 0 amide bonds. The summed E-state index contributed by atoms with van der Waals surface area (Å²) in [5.41, 5.74) is 0.413. The predicted octanol–water partition coefficient (Wildman–Crippen LogP) is 1.46. The Labute approximate surface area is 112 Å². The van der Waals surface area contributed by atoms with Crippen molar-refractivity contribution in [1.82, 2.24) is 9.80 Å². The standard InChI is InChI=1S/C14H20F2N2O/c15-13-2-3-14(16)12(10-13)11-18-5-1-4-17(6-7-18)8-9-19/h2-3,10,19H,1,4-9,11H2. The molecule has 1 heterocycles. The third-order valence-electron chi connectivity index (χ3n) is 3.50. The SMILES string of the molecule is OCCN1CCCN(Cc2cc(F)ccc2F)CC1. The van der Waals surface area contributed by atoms with Crippen LogP contribution in [0, 0.1) is 11.6 Å². The smallest absolute Gasteiger partial charge is 0.127 e. The third-order valence-corrected chi connectivity index (χ3v) is 3.50. The fourth-order valence-electron chi connectivity index (χ4n) is 2.45. The minimum Gasteiger partial charge on any atom is -0.395 e. The van der Waals surface area contributed by atoms with Gasteiger partial charge in [0.25, 0.3) is 0 Å². The molecule has 0 saturated carbocycles. The summed E-state index contributed by atoms with van der Waals surface area (Å²) in [4.78, 5) is 4.33. The maximum Gasteiger partial charge on any atom is 0.127 e. The first-order chi connectivity index (χ1) is 9.19. The highest BCUT2D eigenvalue weighted by atomic mass is 19.1. The molecule has 0 radical (unpaired) electrons. The summed E-state index contributed by atoms with van der Waals surface area (Å²) >= 11 is 0. The molecule has 19 heavy (non-hydrogen) atoms. The van der Waals surface area contributed by atoms with E-state index in [9.17, 15) is 8.78 Å². The van der Waals surface area contributed by atoms with Crippen molar-refractivity contribution in [3.63, 3.8) is 0 Å². The highest BCUT2D eigenvalue weighted by molar-refractivity contribution is 5.18. The minimum atomic E-state index is -0.395. The first-order valence-corrected chi connectivity index (χ1v) is 6.68. The molecule has 1 fully saturated rings. The summed E-state index contributed by atoms with van der Waals surface area (Å²) < 4.78 is 26.7. The van der Waals surface area contributed by atoms with Gasteiger partial charge in [-0.25, -0.2) is 8.78 Å². The van der Waals surface area contributed by atoms with Gasteiger partial charge in [0.15, 0.2) is 0 Å². The summed E-state index contributed by atoms with van der Waals surface area (Å²) in [6.07, 6.45) is 0.983. The highest BCUT2D eigenvalue weighted by Crippen LogP contribution is 2.14. The number of aliphatic hydroxyl groups is 1. The Morgan fingerprint density at radius 2 is 1.79 bits per heavy atom. The van der Waals surface area contributed by atoms with E-state index in [1.165, 1.54) is 12.1 Å². The second kappa shape index (κ2) is 6.93. The zero-order valence-electron chi connectivity index (χ0n) is 11.0. The van der Waals surface area contributed by atoms with Crippen molar-refractivity contribution in [3.8, 4) is 0 Å². The number of β-amino-alcohol motifs (C(OH)–C–C–N with tert-alkyl or cyclic N) is 1. The first-order valence-electron chi connectivity index (χ1n) is 6.68. The zero-order valence-corrected chi connectivity index (χ0v) is 11.0.